The molecule has 1 aromatic carbocycles. The molecule has 2 aromatic rings. The number of aromatic nitrogens is 1. The molecule has 0 unspecified atom stereocenters. The summed E-state index contributed by atoms with van der Waals surface area (Å²) in [6.45, 7) is 0.549. The molecule has 4 rings (SSSR count). The van der Waals surface area contributed by atoms with Gasteiger partial charge >= 0.3 is 0 Å². The van der Waals surface area contributed by atoms with E-state index in [1.54, 1.807) is 18.3 Å². The van der Waals surface area contributed by atoms with Crippen molar-refractivity contribution in [2.75, 3.05) is 12.3 Å². The van der Waals surface area contributed by atoms with Crippen LogP contribution in [-0.4, -0.2) is 33.5 Å². The summed E-state index contributed by atoms with van der Waals surface area (Å²) in [7, 11) is 0. The number of hydrogen-bond donors (Lipinski definition) is 2. The van der Waals surface area contributed by atoms with Gasteiger partial charge in [0.25, 0.3) is 5.91 Å². The molecule has 0 spiro atoms. The third-order valence-corrected chi connectivity index (χ3v) is 6.04. The summed E-state index contributed by atoms with van der Waals surface area (Å²) in [5.41, 5.74) is 6.44. The molecule has 0 bridgehead atoms. The highest BCUT2D eigenvalue weighted by atomic mass is 16.3. The molecule has 0 radical (unpaired) electrons. The lowest BCUT2D eigenvalue weighted by atomic mass is 9.66. The fourth-order valence-electron chi connectivity index (χ4n) is 4.77. The summed E-state index contributed by atoms with van der Waals surface area (Å²) in [4.78, 5) is 19.0. The highest BCUT2D eigenvalue weighted by Crippen LogP contribution is 2.47. The van der Waals surface area contributed by atoms with Crippen molar-refractivity contribution >= 4 is 11.7 Å². The number of benzene rings is 1. The Hall–Kier alpha value is -2.40. The van der Waals surface area contributed by atoms with Crippen molar-refractivity contribution in [3.63, 3.8) is 0 Å². The Morgan fingerprint density at radius 3 is 2.73 bits per heavy atom. The molecule has 1 saturated carbocycles. The quantitative estimate of drug-likeness (QED) is 0.872. The fraction of sp³-hybridized carbons (Fsp3) is 0.429. The first-order valence-electron chi connectivity index (χ1n) is 9.40. The van der Waals surface area contributed by atoms with Gasteiger partial charge in [-0.3, -0.25) is 4.79 Å². The standard InChI is InChI=1S/C21H25N3O2/c22-19-14-15(10-12-23-19)20(25)24-13-11-21(26,16-6-2-1-3-7-16)17-8-4-5-9-18(17)24/h1-3,6-7,10,12,14,17-18,26H,4-5,8-9,11,13H2,(H2,22,23)/t17-,18+,21-/m0/s1. The first kappa shape index (κ1) is 17.0. The minimum Gasteiger partial charge on any atom is -0.385 e. The van der Waals surface area contributed by atoms with E-state index in [2.05, 4.69) is 4.98 Å². The summed E-state index contributed by atoms with van der Waals surface area (Å²) in [6.07, 6.45) is 6.20. The molecule has 136 valence electrons. The number of nitrogen functional groups attached to an aromatic ring is 1. The number of amides is 1. The molecule has 1 aromatic heterocycles. The Morgan fingerprint density at radius 2 is 1.96 bits per heavy atom. The van der Waals surface area contributed by atoms with Crippen LogP contribution in [0.25, 0.3) is 0 Å². The second kappa shape index (κ2) is 6.72. The molecule has 5 nitrogen and oxygen atoms in total. The third-order valence-electron chi connectivity index (χ3n) is 6.04. The van der Waals surface area contributed by atoms with Crippen molar-refractivity contribution in [1.29, 1.82) is 0 Å². The Bertz CT molecular complexity index is 795. The van der Waals surface area contributed by atoms with Crippen LogP contribution in [0.4, 0.5) is 5.82 Å². The van der Waals surface area contributed by atoms with Crippen LogP contribution < -0.4 is 5.73 Å². The van der Waals surface area contributed by atoms with Gasteiger partial charge < -0.3 is 15.7 Å². The molecule has 26 heavy (non-hydrogen) atoms. The van der Waals surface area contributed by atoms with Crippen molar-refractivity contribution in [2.45, 2.75) is 43.7 Å². The van der Waals surface area contributed by atoms with Gasteiger partial charge in [0.1, 0.15) is 5.82 Å². The molecule has 3 atom stereocenters. The van der Waals surface area contributed by atoms with Crippen LogP contribution in [0.3, 0.4) is 0 Å². The molecular formula is C21H25N3O2. The zero-order valence-corrected chi connectivity index (χ0v) is 14.8. The lowest BCUT2D eigenvalue weighted by Gasteiger charge is -2.52. The smallest absolute Gasteiger partial charge is 0.254 e. The molecular weight excluding hydrogens is 326 g/mol. The number of rotatable bonds is 2. The van der Waals surface area contributed by atoms with E-state index in [1.165, 1.54) is 0 Å². The molecule has 1 aliphatic heterocycles. The van der Waals surface area contributed by atoms with E-state index in [4.69, 9.17) is 5.73 Å². The third kappa shape index (κ3) is 2.86. The zero-order chi connectivity index (χ0) is 18.1. The summed E-state index contributed by atoms with van der Waals surface area (Å²) < 4.78 is 0. The van der Waals surface area contributed by atoms with Crippen LogP contribution >= 0.6 is 0 Å². The molecule has 2 heterocycles. The lowest BCUT2D eigenvalue weighted by Crippen LogP contribution is -2.59. The van der Waals surface area contributed by atoms with Crippen molar-refractivity contribution in [1.82, 2.24) is 9.88 Å². The van der Waals surface area contributed by atoms with Crippen molar-refractivity contribution < 1.29 is 9.90 Å². The number of hydrogen-bond acceptors (Lipinski definition) is 4. The first-order chi connectivity index (χ1) is 12.6. The molecule has 5 heteroatoms. The van der Waals surface area contributed by atoms with Gasteiger partial charge in [-0.1, -0.05) is 43.2 Å². The monoisotopic (exact) mass is 351 g/mol. The number of piperidine rings is 1. The summed E-state index contributed by atoms with van der Waals surface area (Å²) >= 11 is 0. The summed E-state index contributed by atoms with van der Waals surface area (Å²) in [6, 6.07) is 13.3. The van der Waals surface area contributed by atoms with Gasteiger partial charge in [0.2, 0.25) is 0 Å². The fourth-order valence-corrected chi connectivity index (χ4v) is 4.77. The van der Waals surface area contributed by atoms with E-state index in [0.29, 0.717) is 24.3 Å². The van der Waals surface area contributed by atoms with Gasteiger partial charge in [0.15, 0.2) is 0 Å². The topological polar surface area (TPSA) is 79.5 Å². The first-order valence-corrected chi connectivity index (χ1v) is 9.40. The maximum absolute atomic E-state index is 13.1. The molecule has 1 aliphatic carbocycles. The molecule has 3 N–H and O–H groups in total. The van der Waals surface area contributed by atoms with Gasteiger partial charge in [-0.15, -0.1) is 0 Å². The number of pyridine rings is 1. The van der Waals surface area contributed by atoms with Gasteiger partial charge in [0.05, 0.1) is 5.60 Å². The maximum Gasteiger partial charge on any atom is 0.254 e. The van der Waals surface area contributed by atoms with Gasteiger partial charge in [-0.05, 0) is 37.0 Å². The number of likely N-dealkylation sites (tertiary alicyclic amines) is 1. The second-order valence-electron chi connectivity index (χ2n) is 7.47. The Balaban J connectivity index is 1.66. The largest absolute Gasteiger partial charge is 0.385 e. The van der Waals surface area contributed by atoms with Crippen LogP contribution in [0.2, 0.25) is 0 Å². The molecule has 1 amide bonds. The lowest BCUT2D eigenvalue weighted by molar-refractivity contribution is -0.110. The van der Waals surface area contributed by atoms with Crippen molar-refractivity contribution in [3.8, 4) is 0 Å². The minimum absolute atomic E-state index is 0.00823. The van der Waals surface area contributed by atoms with Crippen molar-refractivity contribution in [3.05, 3.63) is 59.8 Å². The van der Waals surface area contributed by atoms with E-state index in [9.17, 15) is 9.90 Å². The average Bonchev–Trinajstić information content (AvgIpc) is 2.69. The van der Waals surface area contributed by atoms with Gasteiger partial charge in [0, 0.05) is 30.3 Å². The Kier molecular flexibility index (Phi) is 4.41. The number of nitrogens with zero attached hydrogens (tertiary/aromatic N) is 2. The van der Waals surface area contributed by atoms with Crippen LogP contribution in [0.5, 0.6) is 0 Å². The number of anilines is 1. The predicted octanol–water partition coefficient (Wildman–Crippen LogP) is 2.96. The number of carbonyl (C=O) groups is 1. The van der Waals surface area contributed by atoms with Crippen LogP contribution in [0, 0.1) is 5.92 Å². The highest BCUT2D eigenvalue weighted by molar-refractivity contribution is 5.95. The normalized spacial score (nSPS) is 28.4. The van der Waals surface area contributed by atoms with Crippen molar-refractivity contribution in [2.24, 2.45) is 5.92 Å². The van der Waals surface area contributed by atoms with E-state index < -0.39 is 5.60 Å². The molecule has 2 aliphatic rings. The average molecular weight is 351 g/mol. The summed E-state index contributed by atoms with van der Waals surface area (Å²) in [5.74, 6) is 0.412. The molecule has 1 saturated heterocycles. The van der Waals surface area contributed by atoms with E-state index in [-0.39, 0.29) is 17.9 Å². The number of aliphatic hydroxyl groups is 1. The second-order valence-corrected chi connectivity index (χ2v) is 7.47. The Labute approximate surface area is 153 Å². The van der Waals surface area contributed by atoms with Crippen LogP contribution in [0.15, 0.2) is 48.7 Å². The number of carbonyl (C=O) groups excluding carboxylic acids is 1. The van der Waals surface area contributed by atoms with E-state index >= 15 is 0 Å². The van der Waals surface area contributed by atoms with E-state index in [1.807, 2.05) is 35.2 Å². The van der Waals surface area contributed by atoms with Crippen LogP contribution in [-0.2, 0) is 5.60 Å². The zero-order valence-electron chi connectivity index (χ0n) is 14.8. The maximum atomic E-state index is 13.1. The highest BCUT2D eigenvalue weighted by Gasteiger charge is 2.50. The summed E-state index contributed by atoms with van der Waals surface area (Å²) in [5, 5.41) is 11.6. The van der Waals surface area contributed by atoms with E-state index in [0.717, 1.165) is 31.2 Å². The minimum atomic E-state index is -0.861. The number of fused-ring (bicyclic) bond motifs is 1. The van der Waals surface area contributed by atoms with Crippen LogP contribution in [0.1, 0.15) is 48.0 Å². The number of nitrogens with two attached hydrogens (primary N) is 1. The predicted molar refractivity (Wildman–Crippen MR) is 100 cm³/mol. The molecule has 2 fully saturated rings. The SMILES string of the molecule is Nc1cc(C(=O)N2CC[C@](O)(c3ccccc3)[C@H]3CCCC[C@H]32)ccn1. The van der Waals surface area contributed by atoms with Gasteiger partial charge in [-0.25, -0.2) is 4.98 Å². The Morgan fingerprint density at radius 1 is 1.19 bits per heavy atom. The van der Waals surface area contributed by atoms with Gasteiger partial charge in [-0.2, -0.15) is 0 Å².